The number of hydrogen-bond donors (Lipinski definition) is 1. The lowest BCUT2D eigenvalue weighted by Gasteiger charge is -2.27. The normalized spacial score (nSPS) is 22.6. The van der Waals surface area contributed by atoms with E-state index in [1.165, 1.54) is 38.5 Å². The van der Waals surface area contributed by atoms with Gasteiger partial charge in [0, 0.05) is 19.2 Å². The molecule has 0 spiro atoms. The van der Waals surface area contributed by atoms with Crippen LogP contribution in [0, 0.1) is 5.92 Å². The maximum atomic E-state index is 5.13. The summed E-state index contributed by atoms with van der Waals surface area (Å²) in [5, 5.41) is 3.60. The molecule has 1 saturated carbocycles. The summed E-state index contributed by atoms with van der Waals surface area (Å²) in [6.45, 7) is 5.32. The van der Waals surface area contributed by atoms with Crippen LogP contribution in [0.15, 0.2) is 0 Å². The first-order chi connectivity index (χ1) is 7.22. The topological polar surface area (TPSA) is 21.3 Å². The highest BCUT2D eigenvalue weighted by molar-refractivity contribution is 4.73. The predicted molar refractivity (Wildman–Crippen MR) is 65.1 cm³/mol. The molecule has 1 aliphatic carbocycles. The van der Waals surface area contributed by atoms with Gasteiger partial charge in [0.15, 0.2) is 0 Å². The van der Waals surface area contributed by atoms with Crippen molar-refractivity contribution in [3.05, 3.63) is 0 Å². The first kappa shape index (κ1) is 13.0. The highest BCUT2D eigenvalue weighted by Crippen LogP contribution is 2.27. The summed E-state index contributed by atoms with van der Waals surface area (Å²) in [5.41, 5.74) is 0. The van der Waals surface area contributed by atoms with Crippen molar-refractivity contribution in [2.24, 2.45) is 5.92 Å². The summed E-state index contributed by atoms with van der Waals surface area (Å²) < 4.78 is 5.13. The minimum atomic E-state index is 0.480. The fourth-order valence-electron chi connectivity index (χ4n) is 2.77. The molecular formula is C13H27NO. The Labute approximate surface area is 94.8 Å². The molecule has 0 bridgehead atoms. The van der Waals surface area contributed by atoms with Crippen molar-refractivity contribution < 1.29 is 4.74 Å². The van der Waals surface area contributed by atoms with Crippen LogP contribution in [0.2, 0.25) is 0 Å². The molecule has 0 aromatic rings. The molecule has 1 N–H and O–H groups in total. The van der Waals surface area contributed by atoms with Gasteiger partial charge in [-0.05, 0) is 26.2 Å². The fourth-order valence-corrected chi connectivity index (χ4v) is 2.77. The molecular weight excluding hydrogens is 186 g/mol. The van der Waals surface area contributed by atoms with Crippen molar-refractivity contribution in [1.29, 1.82) is 0 Å². The Bertz CT molecular complexity index is 155. The van der Waals surface area contributed by atoms with E-state index in [0.29, 0.717) is 12.1 Å². The molecule has 1 fully saturated rings. The molecule has 0 aromatic carbocycles. The summed E-state index contributed by atoms with van der Waals surface area (Å²) in [7, 11) is 1.77. The second kappa shape index (κ2) is 7.24. The monoisotopic (exact) mass is 213 g/mol. The third kappa shape index (κ3) is 5.53. The number of rotatable bonds is 6. The van der Waals surface area contributed by atoms with Gasteiger partial charge in [-0.25, -0.2) is 0 Å². The van der Waals surface area contributed by atoms with E-state index in [2.05, 4.69) is 19.2 Å². The number of methoxy groups -OCH3 is 1. The molecule has 1 rings (SSSR count). The van der Waals surface area contributed by atoms with Gasteiger partial charge in [-0.1, -0.05) is 32.1 Å². The van der Waals surface area contributed by atoms with Crippen LogP contribution < -0.4 is 5.32 Å². The van der Waals surface area contributed by atoms with Gasteiger partial charge in [-0.3, -0.25) is 0 Å². The van der Waals surface area contributed by atoms with Crippen LogP contribution in [0.5, 0.6) is 0 Å². The maximum Gasteiger partial charge on any atom is 0.0613 e. The largest absolute Gasteiger partial charge is 0.383 e. The minimum absolute atomic E-state index is 0.480. The zero-order valence-electron chi connectivity index (χ0n) is 10.6. The van der Waals surface area contributed by atoms with Crippen LogP contribution in [0.25, 0.3) is 0 Å². The van der Waals surface area contributed by atoms with Crippen molar-refractivity contribution in [3.63, 3.8) is 0 Å². The van der Waals surface area contributed by atoms with Gasteiger partial charge in [0.1, 0.15) is 0 Å². The quantitative estimate of drug-likeness (QED) is 0.732. The lowest BCUT2D eigenvalue weighted by atomic mass is 9.85. The zero-order chi connectivity index (χ0) is 11.1. The molecule has 90 valence electrons. The van der Waals surface area contributed by atoms with Crippen LogP contribution in [0.4, 0.5) is 0 Å². The van der Waals surface area contributed by atoms with Crippen LogP contribution in [-0.2, 0) is 4.74 Å². The molecule has 2 heteroatoms. The Morgan fingerprint density at radius 1 is 1.13 bits per heavy atom. The van der Waals surface area contributed by atoms with Crippen LogP contribution in [0.1, 0.15) is 52.4 Å². The van der Waals surface area contributed by atoms with Gasteiger partial charge in [0.2, 0.25) is 0 Å². The highest BCUT2D eigenvalue weighted by Gasteiger charge is 2.17. The van der Waals surface area contributed by atoms with Crippen molar-refractivity contribution in [3.8, 4) is 0 Å². The molecule has 2 atom stereocenters. The van der Waals surface area contributed by atoms with E-state index in [9.17, 15) is 0 Å². The van der Waals surface area contributed by atoms with Gasteiger partial charge in [0.25, 0.3) is 0 Å². The molecule has 15 heavy (non-hydrogen) atoms. The maximum absolute atomic E-state index is 5.13. The summed E-state index contributed by atoms with van der Waals surface area (Å²) >= 11 is 0. The standard InChI is InChI=1S/C13H27NO/c1-11(14-12(2)10-15-3)9-13-7-5-4-6-8-13/h11-14H,4-10H2,1-3H3. The van der Waals surface area contributed by atoms with Gasteiger partial charge in [0.05, 0.1) is 6.61 Å². The number of ether oxygens (including phenoxy) is 1. The second-order valence-corrected chi connectivity index (χ2v) is 5.16. The first-order valence-corrected chi connectivity index (χ1v) is 6.47. The van der Waals surface area contributed by atoms with E-state index in [1.807, 2.05) is 0 Å². The molecule has 1 aliphatic rings. The van der Waals surface area contributed by atoms with Crippen molar-refractivity contribution in [2.75, 3.05) is 13.7 Å². The van der Waals surface area contributed by atoms with Crippen molar-refractivity contribution in [2.45, 2.75) is 64.5 Å². The number of nitrogens with one attached hydrogen (secondary N) is 1. The van der Waals surface area contributed by atoms with Crippen molar-refractivity contribution >= 4 is 0 Å². The Morgan fingerprint density at radius 3 is 2.40 bits per heavy atom. The molecule has 0 radical (unpaired) electrons. The lowest BCUT2D eigenvalue weighted by Crippen LogP contribution is -2.38. The average Bonchev–Trinajstić information content (AvgIpc) is 2.19. The summed E-state index contributed by atoms with van der Waals surface area (Å²) in [6, 6.07) is 1.12. The van der Waals surface area contributed by atoms with Crippen molar-refractivity contribution in [1.82, 2.24) is 5.32 Å². The van der Waals surface area contributed by atoms with Gasteiger partial charge in [-0.15, -0.1) is 0 Å². The van der Waals surface area contributed by atoms with Gasteiger partial charge < -0.3 is 10.1 Å². The van der Waals surface area contributed by atoms with Gasteiger partial charge >= 0.3 is 0 Å². The van der Waals surface area contributed by atoms with E-state index < -0.39 is 0 Å². The zero-order valence-corrected chi connectivity index (χ0v) is 10.6. The Hall–Kier alpha value is -0.0800. The molecule has 2 unspecified atom stereocenters. The van der Waals surface area contributed by atoms with E-state index >= 15 is 0 Å². The van der Waals surface area contributed by atoms with E-state index in [4.69, 9.17) is 4.74 Å². The van der Waals surface area contributed by atoms with E-state index in [1.54, 1.807) is 7.11 Å². The molecule has 2 nitrogen and oxygen atoms in total. The Kier molecular flexibility index (Phi) is 6.26. The van der Waals surface area contributed by atoms with Gasteiger partial charge in [-0.2, -0.15) is 0 Å². The van der Waals surface area contributed by atoms with E-state index in [-0.39, 0.29) is 0 Å². The third-order valence-electron chi connectivity index (χ3n) is 3.40. The lowest BCUT2D eigenvalue weighted by molar-refractivity contribution is 0.163. The average molecular weight is 213 g/mol. The smallest absolute Gasteiger partial charge is 0.0613 e. The third-order valence-corrected chi connectivity index (χ3v) is 3.40. The Morgan fingerprint density at radius 2 is 1.80 bits per heavy atom. The van der Waals surface area contributed by atoms with Crippen LogP contribution >= 0.6 is 0 Å². The molecule has 0 saturated heterocycles. The fraction of sp³-hybridized carbons (Fsp3) is 1.00. The minimum Gasteiger partial charge on any atom is -0.383 e. The summed E-state index contributed by atoms with van der Waals surface area (Å²) in [5.74, 6) is 0.969. The SMILES string of the molecule is COCC(C)NC(C)CC1CCCCC1. The summed E-state index contributed by atoms with van der Waals surface area (Å²) in [6.07, 6.45) is 8.60. The molecule has 0 amide bonds. The molecule has 0 heterocycles. The molecule has 0 aromatic heterocycles. The van der Waals surface area contributed by atoms with E-state index in [0.717, 1.165) is 12.5 Å². The first-order valence-electron chi connectivity index (χ1n) is 6.47. The second-order valence-electron chi connectivity index (χ2n) is 5.16. The molecule has 0 aliphatic heterocycles. The summed E-state index contributed by atoms with van der Waals surface area (Å²) in [4.78, 5) is 0. The predicted octanol–water partition coefficient (Wildman–Crippen LogP) is 2.97. The number of hydrogen-bond acceptors (Lipinski definition) is 2. The Balaban J connectivity index is 2.13. The highest BCUT2D eigenvalue weighted by atomic mass is 16.5. The van der Waals surface area contributed by atoms with Crippen LogP contribution in [-0.4, -0.2) is 25.8 Å². The van der Waals surface area contributed by atoms with Crippen LogP contribution in [0.3, 0.4) is 0 Å².